The summed E-state index contributed by atoms with van der Waals surface area (Å²) in [4.78, 5) is 60.0. The highest BCUT2D eigenvalue weighted by Crippen LogP contribution is 2.25. The van der Waals surface area contributed by atoms with Crippen molar-refractivity contribution in [1.29, 1.82) is 0 Å². The van der Waals surface area contributed by atoms with Crippen molar-refractivity contribution in [3.63, 3.8) is 0 Å². The number of aromatic nitrogens is 2. The second-order valence-corrected chi connectivity index (χ2v) is 14.3. The molecule has 10 nitrogen and oxygen atoms in total. The average Bonchev–Trinajstić information content (AvgIpc) is 3.15. The Balaban J connectivity index is 1.45. The summed E-state index contributed by atoms with van der Waals surface area (Å²) in [5.74, 6) is -1.37. The van der Waals surface area contributed by atoms with E-state index in [1.54, 1.807) is 31.5 Å². The zero-order valence-corrected chi connectivity index (χ0v) is 31.5. The van der Waals surface area contributed by atoms with E-state index in [-0.39, 0.29) is 18.3 Å². The number of amides is 2. The number of nitrogens with one attached hydrogen (secondary N) is 2. The summed E-state index contributed by atoms with van der Waals surface area (Å²) < 4.78 is 5.89. The van der Waals surface area contributed by atoms with E-state index in [1.165, 1.54) is 25.7 Å². The van der Waals surface area contributed by atoms with Gasteiger partial charge in [0.2, 0.25) is 5.91 Å². The molecule has 3 aromatic carbocycles. The first-order valence-electron chi connectivity index (χ1n) is 18.5. The average molecular weight is 721 g/mol. The lowest BCUT2D eigenvalue weighted by molar-refractivity contribution is -0.140. The molecule has 2 atom stereocenters. The molecule has 10 heteroatoms. The molecular weight excluding hydrogens is 668 g/mol. The van der Waals surface area contributed by atoms with Crippen LogP contribution in [0.25, 0.3) is 22.5 Å². The van der Waals surface area contributed by atoms with Crippen LogP contribution in [0.15, 0.2) is 85.2 Å². The van der Waals surface area contributed by atoms with Crippen molar-refractivity contribution < 1.29 is 29.0 Å². The van der Waals surface area contributed by atoms with E-state index in [2.05, 4.69) is 48.3 Å². The summed E-state index contributed by atoms with van der Waals surface area (Å²) in [5.41, 5.74) is 4.67. The van der Waals surface area contributed by atoms with E-state index in [0.717, 1.165) is 40.0 Å². The number of hydrogen-bond donors (Lipinski definition) is 3. The number of nitrogens with zero attached hydrogens (tertiary/aromatic N) is 2. The van der Waals surface area contributed by atoms with Gasteiger partial charge in [0, 0.05) is 41.9 Å². The van der Waals surface area contributed by atoms with E-state index >= 15 is 0 Å². The predicted molar refractivity (Wildman–Crippen MR) is 207 cm³/mol. The van der Waals surface area contributed by atoms with Crippen molar-refractivity contribution in [1.82, 2.24) is 20.6 Å². The first-order valence-corrected chi connectivity index (χ1v) is 18.5. The van der Waals surface area contributed by atoms with Crippen LogP contribution in [0, 0.1) is 0 Å². The Morgan fingerprint density at radius 1 is 0.736 bits per heavy atom. The van der Waals surface area contributed by atoms with Gasteiger partial charge in [0.25, 0.3) is 5.91 Å². The summed E-state index contributed by atoms with van der Waals surface area (Å²) in [6, 6.07) is 20.1. The minimum absolute atomic E-state index is 0.0560. The molecule has 0 aliphatic carbocycles. The standard InChI is InChI=1S/C43H52N4O6/c1-6-8-9-10-11-24-53-35-22-18-30(19-23-35)33-27-44-40(45-28-33)31-14-12-29(13-15-31)25-37(42(52)46-36(26-39(49)50)38(48)7-2)47-41(51)32-16-20-34(21-17-32)43(3,4)5/h12-23,27-28,36-37H,6-11,24-26H2,1-5H3,(H,46,52)(H,47,51)(H,49,50)/t36-,37-/m0/s1. The number of ketones is 1. The zero-order valence-electron chi connectivity index (χ0n) is 31.5. The molecule has 3 N–H and O–H groups in total. The van der Waals surface area contributed by atoms with Crippen LogP contribution >= 0.6 is 0 Å². The van der Waals surface area contributed by atoms with Crippen molar-refractivity contribution in [3.05, 3.63) is 102 Å². The van der Waals surface area contributed by atoms with Crippen LogP contribution < -0.4 is 15.4 Å². The third-order valence-electron chi connectivity index (χ3n) is 9.08. The maximum Gasteiger partial charge on any atom is 0.305 e. The lowest BCUT2D eigenvalue weighted by Gasteiger charge is -2.23. The number of rotatable bonds is 19. The van der Waals surface area contributed by atoms with Gasteiger partial charge in [-0.3, -0.25) is 19.2 Å². The highest BCUT2D eigenvalue weighted by atomic mass is 16.5. The van der Waals surface area contributed by atoms with Crippen molar-refractivity contribution in [2.75, 3.05) is 6.61 Å². The van der Waals surface area contributed by atoms with Gasteiger partial charge in [0.15, 0.2) is 11.6 Å². The number of Topliss-reactive ketones (excluding diaryl/α,β-unsaturated/α-hetero) is 1. The molecule has 0 saturated heterocycles. The quantitative estimate of drug-likeness (QED) is 0.0834. The fraction of sp³-hybridized carbons (Fsp3) is 0.395. The molecule has 4 rings (SSSR count). The van der Waals surface area contributed by atoms with E-state index < -0.39 is 42.1 Å². The molecule has 53 heavy (non-hydrogen) atoms. The molecule has 280 valence electrons. The third-order valence-corrected chi connectivity index (χ3v) is 9.08. The number of hydrogen-bond acceptors (Lipinski definition) is 7. The molecule has 0 radical (unpaired) electrons. The SMILES string of the molecule is CCCCCCCOc1ccc(-c2cnc(-c3ccc(C[C@H](NC(=O)c4ccc(C(C)(C)C)cc4)C(=O)N[C@@H](CC(=O)O)C(=O)CC)cc3)nc2)cc1. The molecule has 0 bridgehead atoms. The minimum Gasteiger partial charge on any atom is -0.494 e. The van der Waals surface area contributed by atoms with Crippen LogP contribution in [0.5, 0.6) is 5.75 Å². The highest BCUT2D eigenvalue weighted by Gasteiger charge is 2.28. The van der Waals surface area contributed by atoms with E-state index in [9.17, 15) is 24.3 Å². The van der Waals surface area contributed by atoms with E-state index in [1.807, 2.05) is 60.7 Å². The molecule has 0 fully saturated rings. The summed E-state index contributed by atoms with van der Waals surface area (Å²) in [5, 5.41) is 14.7. The molecule has 1 aromatic heterocycles. The number of carbonyl (C=O) groups excluding carboxylic acids is 3. The first kappa shape index (κ1) is 40.4. The van der Waals surface area contributed by atoms with Crippen LogP contribution in [-0.4, -0.2) is 57.3 Å². The number of unbranched alkanes of at least 4 members (excludes halogenated alkanes) is 4. The minimum atomic E-state index is -1.21. The number of carboxylic acid groups (broad SMARTS) is 1. The fourth-order valence-electron chi connectivity index (χ4n) is 5.80. The number of carbonyl (C=O) groups is 4. The lowest BCUT2D eigenvalue weighted by atomic mass is 9.86. The van der Waals surface area contributed by atoms with E-state index in [4.69, 9.17) is 4.74 Å². The Labute approximate surface area is 312 Å². The van der Waals surface area contributed by atoms with Gasteiger partial charge in [-0.15, -0.1) is 0 Å². The second-order valence-electron chi connectivity index (χ2n) is 14.3. The molecule has 2 amide bonds. The van der Waals surface area contributed by atoms with Gasteiger partial charge in [-0.2, -0.15) is 0 Å². The normalized spacial score (nSPS) is 12.4. The summed E-state index contributed by atoms with van der Waals surface area (Å²) in [6.45, 7) is 10.8. The van der Waals surface area contributed by atoms with E-state index in [0.29, 0.717) is 18.0 Å². The molecular formula is C43H52N4O6. The molecule has 0 saturated carbocycles. The van der Waals surface area contributed by atoms with Gasteiger partial charge in [0.05, 0.1) is 19.1 Å². The molecule has 0 spiro atoms. The van der Waals surface area contributed by atoms with Crippen molar-refractivity contribution in [2.45, 2.75) is 103 Å². The molecule has 0 aliphatic heterocycles. The third kappa shape index (κ3) is 12.4. The Morgan fingerprint density at radius 3 is 1.94 bits per heavy atom. The van der Waals surface area contributed by atoms with Gasteiger partial charge < -0.3 is 20.5 Å². The van der Waals surface area contributed by atoms with Crippen molar-refractivity contribution in [3.8, 4) is 28.3 Å². The van der Waals surface area contributed by atoms with Gasteiger partial charge in [-0.1, -0.05) is 109 Å². The second kappa shape index (κ2) is 19.5. The first-order chi connectivity index (χ1) is 25.4. The lowest BCUT2D eigenvalue weighted by Crippen LogP contribution is -2.52. The van der Waals surface area contributed by atoms with Crippen LogP contribution in [-0.2, 0) is 26.2 Å². The van der Waals surface area contributed by atoms with Crippen LogP contribution in [0.4, 0.5) is 0 Å². The Hall–Kier alpha value is -5.38. The molecule has 1 heterocycles. The number of aliphatic carboxylic acids is 1. The molecule has 0 aliphatic rings. The van der Waals surface area contributed by atoms with Crippen molar-refractivity contribution >= 4 is 23.6 Å². The van der Waals surface area contributed by atoms with Crippen LogP contribution in [0.3, 0.4) is 0 Å². The molecule has 4 aromatic rings. The monoisotopic (exact) mass is 720 g/mol. The number of ether oxygens (including phenoxy) is 1. The van der Waals surface area contributed by atoms with Crippen molar-refractivity contribution in [2.24, 2.45) is 0 Å². The molecule has 0 unspecified atom stereocenters. The Kier molecular flexibility index (Phi) is 14.8. The summed E-state index contributed by atoms with van der Waals surface area (Å²) in [7, 11) is 0. The Morgan fingerprint density at radius 2 is 1.36 bits per heavy atom. The van der Waals surface area contributed by atoms with Gasteiger partial charge in [0.1, 0.15) is 11.8 Å². The van der Waals surface area contributed by atoms with Gasteiger partial charge in [-0.05, 0) is 52.8 Å². The number of carboxylic acids is 1. The predicted octanol–water partition coefficient (Wildman–Crippen LogP) is 7.74. The topological polar surface area (TPSA) is 148 Å². The maximum absolute atomic E-state index is 13.6. The van der Waals surface area contributed by atoms with Crippen LogP contribution in [0.1, 0.15) is 101 Å². The Bertz CT molecular complexity index is 1800. The van der Waals surface area contributed by atoms with Crippen LogP contribution in [0.2, 0.25) is 0 Å². The largest absolute Gasteiger partial charge is 0.494 e. The summed E-state index contributed by atoms with van der Waals surface area (Å²) in [6.07, 6.45) is 9.10. The zero-order chi connectivity index (χ0) is 38.4. The highest BCUT2D eigenvalue weighted by molar-refractivity contribution is 5.99. The smallest absolute Gasteiger partial charge is 0.305 e. The number of benzene rings is 3. The summed E-state index contributed by atoms with van der Waals surface area (Å²) >= 11 is 0. The van der Waals surface area contributed by atoms with Gasteiger partial charge in [-0.25, -0.2) is 9.97 Å². The maximum atomic E-state index is 13.6. The fourth-order valence-corrected chi connectivity index (χ4v) is 5.80. The van der Waals surface area contributed by atoms with Gasteiger partial charge >= 0.3 is 5.97 Å².